The monoisotopic (exact) mass is 817 g/mol. The van der Waals surface area contributed by atoms with E-state index >= 15 is 4.79 Å². The molecule has 13 nitrogen and oxygen atoms in total. The highest BCUT2D eigenvalue weighted by Crippen LogP contribution is 2.61. The number of methoxy groups -OCH3 is 3. The van der Waals surface area contributed by atoms with Gasteiger partial charge in [-0.3, -0.25) is 9.59 Å². The van der Waals surface area contributed by atoms with Crippen LogP contribution in [0.1, 0.15) is 109 Å². The molecule has 1 saturated carbocycles. The Morgan fingerprint density at radius 3 is 2.32 bits per heavy atom. The molecule has 7 rings (SSSR count). The Morgan fingerprint density at radius 2 is 1.65 bits per heavy atom. The van der Waals surface area contributed by atoms with E-state index in [1.807, 2.05) is 20.9 Å². The molecule has 6 unspecified atom stereocenters. The number of allylic oxidation sites excluding steroid dienone is 2. The molecule has 0 amide bonds. The zero-order chi connectivity index (χ0) is 40.9. The fourth-order valence-electron chi connectivity index (χ4n) is 11.5. The molecule has 1 aromatic rings. The number of aromatic nitrogens is 2. The molecule has 3 saturated heterocycles. The highest BCUT2D eigenvalue weighted by Gasteiger charge is 2.57. The third-order valence-electron chi connectivity index (χ3n) is 14.4. The van der Waals surface area contributed by atoms with E-state index in [1.165, 1.54) is 0 Å². The van der Waals surface area contributed by atoms with Crippen LogP contribution in [0.25, 0.3) is 0 Å². The van der Waals surface area contributed by atoms with Gasteiger partial charge in [0.25, 0.3) is 0 Å². The molecule has 57 heavy (non-hydrogen) atoms. The van der Waals surface area contributed by atoms with Gasteiger partial charge in [-0.05, 0) is 109 Å². The van der Waals surface area contributed by atoms with Gasteiger partial charge in [0.15, 0.2) is 23.1 Å². The Bertz CT molecular complexity index is 1680. The predicted octanol–water partition coefficient (Wildman–Crippen LogP) is 5.96. The third-order valence-corrected chi connectivity index (χ3v) is 14.8. The molecule has 1 N–H and O–H groups in total. The number of aromatic amines is 1. The summed E-state index contributed by atoms with van der Waals surface area (Å²) in [5, 5.41) is 0. The second-order valence-electron chi connectivity index (χ2n) is 17.8. The van der Waals surface area contributed by atoms with Gasteiger partial charge in [0.1, 0.15) is 24.4 Å². The molecule has 0 spiro atoms. The maximum atomic E-state index is 15.0. The van der Waals surface area contributed by atoms with Gasteiger partial charge in [-0.2, -0.15) is 0 Å². The van der Waals surface area contributed by atoms with Gasteiger partial charge in [-0.1, -0.05) is 19.9 Å². The van der Waals surface area contributed by atoms with Crippen LogP contribution < -0.4 is 0 Å². The summed E-state index contributed by atoms with van der Waals surface area (Å²) >= 11 is 5.89. The Hall–Kier alpha value is -2.01. The minimum absolute atomic E-state index is 0.0137. The lowest BCUT2D eigenvalue weighted by atomic mass is 9.66. The van der Waals surface area contributed by atoms with Crippen LogP contribution in [-0.2, 0) is 54.5 Å². The first-order valence-electron chi connectivity index (χ1n) is 21.4. The van der Waals surface area contributed by atoms with Crippen LogP contribution >= 0.6 is 12.2 Å². The van der Waals surface area contributed by atoms with Crippen molar-refractivity contribution in [3.8, 4) is 0 Å². The van der Waals surface area contributed by atoms with E-state index in [9.17, 15) is 4.79 Å². The first kappa shape index (κ1) is 43.1. The molecule has 320 valence electrons. The largest absolute Gasteiger partial charge is 0.462 e. The molecule has 3 aliphatic heterocycles. The first-order valence-corrected chi connectivity index (χ1v) is 21.8. The van der Waals surface area contributed by atoms with Crippen molar-refractivity contribution in [3.05, 3.63) is 27.8 Å². The molecule has 1 aromatic heterocycles. The Balaban J connectivity index is 1.20. The van der Waals surface area contributed by atoms with Crippen molar-refractivity contribution in [3.63, 3.8) is 0 Å². The summed E-state index contributed by atoms with van der Waals surface area (Å²) in [5.41, 5.74) is 2.86. The third kappa shape index (κ3) is 8.25. The van der Waals surface area contributed by atoms with E-state index in [-0.39, 0.29) is 96.8 Å². The molecule has 4 heterocycles. The smallest absolute Gasteiger partial charge is 0.306 e. The van der Waals surface area contributed by atoms with E-state index in [2.05, 4.69) is 48.5 Å². The quantitative estimate of drug-likeness (QED) is 0.233. The van der Waals surface area contributed by atoms with E-state index in [1.54, 1.807) is 21.3 Å². The van der Waals surface area contributed by atoms with Crippen molar-refractivity contribution in [1.82, 2.24) is 14.5 Å². The van der Waals surface area contributed by atoms with Crippen molar-refractivity contribution in [1.29, 1.82) is 0 Å². The van der Waals surface area contributed by atoms with Crippen LogP contribution in [0.2, 0.25) is 0 Å². The van der Waals surface area contributed by atoms with Gasteiger partial charge >= 0.3 is 5.97 Å². The average Bonchev–Trinajstić information content (AvgIpc) is 3.85. The molecule has 0 aromatic carbocycles. The molecule has 17 atom stereocenters. The van der Waals surface area contributed by atoms with E-state index in [0.717, 1.165) is 56.3 Å². The number of likely N-dealkylation sites (N-methyl/N-ethyl adjacent to an activating group) is 1. The van der Waals surface area contributed by atoms with Crippen LogP contribution in [0.3, 0.4) is 0 Å². The normalized spacial score (nSPS) is 42.6. The SMILES string of the molecule is CC[C@H]1CCC[C@H](O[C@H]2CC[C@H](N(C)C)C(C)O2)[C@@H](C)C(=O)C2=C[C@H]3[C@@H]4C[C@H](OC5OC(C)C(OC)C(OC)C5OC)C[C@H]4c4c([nH]c(=S)n4C)[C@H]3[C@@H]2CC(=O)O1. The highest BCUT2D eigenvalue weighted by molar-refractivity contribution is 7.71. The Morgan fingerprint density at radius 1 is 0.912 bits per heavy atom. The fraction of sp³-hybridized carbons (Fsp3) is 0.837. The van der Waals surface area contributed by atoms with Crippen molar-refractivity contribution in [2.45, 2.75) is 165 Å². The van der Waals surface area contributed by atoms with E-state index in [4.69, 9.17) is 50.1 Å². The second-order valence-corrected chi connectivity index (χ2v) is 18.2. The summed E-state index contributed by atoms with van der Waals surface area (Å²) in [6.07, 6.45) is 5.33. The zero-order valence-corrected chi connectivity index (χ0v) is 36.5. The van der Waals surface area contributed by atoms with Gasteiger partial charge < -0.3 is 52.3 Å². The highest BCUT2D eigenvalue weighted by atomic mass is 32.1. The predicted molar refractivity (Wildman–Crippen MR) is 214 cm³/mol. The number of ketones is 1. The number of imidazole rings is 1. The number of hydrogen-bond acceptors (Lipinski definition) is 12. The number of fused-ring (bicyclic) bond motifs is 8. The maximum Gasteiger partial charge on any atom is 0.306 e. The number of ether oxygens (including phenoxy) is 8. The van der Waals surface area contributed by atoms with Crippen LogP contribution in [0, 0.1) is 28.4 Å². The Labute approximate surface area is 343 Å². The number of rotatable bonds is 9. The first-order chi connectivity index (χ1) is 27.3. The molecule has 3 aliphatic carbocycles. The maximum absolute atomic E-state index is 15.0. The number of Topliss-reactive ketones (excluding diaryl/α,β-unsaturated/α-hetero) is 1. The van der Waals surface area contributed by atoms with Crippen LogP contribution in [0.15, 0.2) is 11.6 Å². The molecule has 0 bridgehead atoms. The van der Waals surface area contributed by atoms with Crippen molar-refractivity contribution in [2.24, 2.45) is 30.7 Å². The molecule has 0 radical (unpaired) electrons. The fourth-order valence-corrected chi connectivity index (χ4v) is 11.7. The molecule has 14 heteroatoms. The van der Waals surface area contributed by atoms with Crippen LogP contribution in [0.5, 0.6) is 0 Å². The summed E-state index contributed by atoms with van der Waals surface area (Å²) in [5.74, 6) is -0.914. The van der Waals surface area contributed by atoms with Gasteiger partial charge in [-0.15, -0.1) is 0 Å². The number of carbonyl (C=O) groups is 2. The lowest BCUT2D eigenvalue weighted by molar-refractivity contribution is -0.314. The van der Waals surface area contributed by atoms with Gasteiger partial charge in [-0.25, -0.2) is 0 Å². The number of nitrogens with zero attached hydrogens (tertiary/aromatic N) is 2. The number of esters is 1. The van der Waals surface area contributed by atoms with Crippen molar-refractivity contribution >= 4 is 24.0 Å². The molecular formula is C43H67N3O10S. The molecule has 6 aliphatic rings. The summed E-state index contributed by atoms with van der Waals surface area (Å²) in [6.45, 7) is 8.14. The standard InChI is InChI=1S/C43H67N3O10S/c1-11-24-13-12-14-32(56-34-16-15-31(45(5)6)22(3)52-34)21(2)38(48)30-19-27-26-17-25(55-42-41(51-10)40(50-9)39(49-8)23(4)53-42)18-29(26)37-36(44-43(57)46(37)7)35(27)28(30)20-33(47)54-24/h19,21-29,31-32,34-35,39-42H,11-18,20H2,1-10H3,(H,44,57)/t21-,22?,23?,24+,25+,26+,27+,28-,29-,31+,32+,34+,35-,39?,40?,41?,42?/m1/s1. The zero-order valence-electron chi connectivity index (χ0n) is 35.6. The minimum atomic E-state index is -0.654. The van der Waals surface area contributed by atoms with E-state index in [0.29, 0.717) is 22.8 Å². The summed E-state index contributed by atoms with van der Waals surface area (Å²) < 4.78 is 52.9. The average molecular weight is 818 g/mol. The van der Waals surface area contributed by atoms with Gasteiger partial charge in [0, 0.05) is 69.5 Å². The number of H-pyrrole nitrogens is 1. The molecular weight excluding hydrogens is 751 g/mol. The van der Waals surface area contributed by atoms with E-state index < -0.39 is 18.3 Å². The lowest BCUT2D eigenvalue weighted by Crippen LogP contribution is -2.59. The minimum Gasteiger partial charge on any atom is -0.462 e. The summed E-state index contributed by atoms with van der Waals surface area (Å²) in [4.78, 5) is 34.7. The lowest BCUT2D eigenvalue weighted by Gasteiger charge is -2.44. The number of nitrogens with one attached hydrogen (secondary N) is 1. The Kier molecular flexibility index (Phi) is 13.5. The van der Waals surface area contributed by atoms with Crippen LogP contribution in [-0.4, -0.2) is 129 Å². The van der Waals surface area contributed by atoms with Crippen LogP contribution in [0.4, 0.5) is 0 Å². The van der Waals surface area contributed by atoms with Crippen molar-refractivity contribution < 1.29 is 47.5 Å². The number of carbonyl (C=O) groups excluding carboxylic acids is 2. The molecule has 4 fully saturated rings. The number of cyclic esters (lactones) is 1. The number of hydrogen-bond donors (Lipinski definition) is 1. The summed E-state index contributed by atoms with van der Waals surface area (Å²) in [7, 11) is 11.1. The van der Waals surface area contributed by atoms with Crippen molar-refractivity contribution in [2.75, 3.05) is 35.4 Å². The second kappa shape index (κ2) is 17.9. The topological polar surface area (TPSA) is 132 Å². The summed E-state index contributed by atoms with van der Waals surface area (Å²) in [6, 6.07) is 0.318. The van der Waals surface area contributed by atoms with Gasteiger partial charge in [0.05, 0.1) is 30.8 Å². The van der Waals surface area contributed by atoms with Gasteiger partial charge in [0.2, 0.25) is 0 Å².